The van der Waals surface area contributed by atoms with Gasteiger partial charge in [0.25, 0.3) is 5.91 Å². The van der Waals surface area contributed by atoms with E-state index in [1.54, 1.807) is 44.4 Å². The number of carbonyl (C=O) groups is 2. The topological polar surface area (TPSA) is 79.1 Å². The lowest BCUT2D eigenvalue weighted by molar-refractivity contribution is 0.0526. The molecule has 0 saturated heterocycles. The van der Waals surface area contributed by atoms with Crippen molar-refractivity contribution in [2.45, 2.75) is 13.5 Å². The molecule has 4 rings (SSSR count). The minimum absolute atomic E-state index is 0.300. The van der Waals surface area contributed by atoms with Crippen molar-refractivity contribution in [3.05, 3.63) is 88.7 Å². The quantitative estimate of drug-likeness (QED) is 0.332. The molecule has 1 amide bonds. The first-order chi connectivity index (χ1) is 16.6. The predicted molar refractivity (Wildman–Crippen MR) is 130 cm³/mol. The van der Waals surface area contributed by atoms with Crippen LogP contribution in [0.15, 0.2) is 77.8 Å². The fourth-order valence-electron chi connectivity index (χ4n) is 3.39. The second-order valence-electron chi connectivity index (χ2n) is 7.26. The van der Waals surface area contributed by atoms with Crippen molar-refractivity contribution in [3.63, 3.8) is 0 Å². The van der Waals surface area contributed by atoms with Crippen LogP contribution in [0.1, 0.15) is 27.6 Å². The number of esters is 1. The van der Waals surface area contributed by atoms with Crippen LogP contribution in [0.3, 0.4) is 0 Å². The molecule has 0 aliphatic rings. The first-order valence-electron chi connectivity index (χ1n) is 10.8. The molecule has 0 spiro atoms. The molecule has 1 aromatic heterocycles. The summed E-state index contributed by atoms with van der Waals surface area (Å²) >= 11 is 1.33. The van der Waals surface area contributed by atoms with Gasteiger partial charge in [-0.05, 0) is 49.4 Å². The van der Waals surface area contributed by atoms with Crippen LogP contribution in [0.2, 0.25) is 0 Å². The number of hydrogen-bond donors (Lipinski definition) is 0. The number of fused-ring (bicyclic) bond motifs is 1. The van der Waals surface area contributed by atoms with Crippen molar-refractivity contribution >= 4 is 33.4 Å². The van der Waals surface area contributed by atoms with Gasteiger partial charge in [0.05, 0.1) is 34.6 Å². The Balaban J connectivity index is 1.75. The smallest absolute Gasteiger partial charge is 0.338 e. The van der Waals surface area contributed by atoms with Crippen LogP contribution in [0.5, 0.6) is 11.5 Å². The molecular weight excluding hydrogens is 452 g/mol. The maximum atomic E-state index is 13.2. The van der Waals surface area contributed by atoms with E-state index in [4.69, 9.17) is 14.2 Å². The lowest BCUT2D eigenvalue weighted by Crippen LogP contribution is -2.19. The Morgan fingerprint density at radius 3 is 2.53 bits per heavy atom. The summed E-state index contributed by atoms with van der Waals surface area (Å²) in [5.41, 5.74) is 1.67. The molecule has 0 radical (unpaired) electrons. The number of carbonyl (C=O) groups excluding carboxylic acids is 2. The lowest BCUT2D eigenvalue weighted by Gasteiger charge is -2.09. The van der Waals surface area contributed by atoms with Crippen LogP contribution in [0.25, 0.3) is 10.2 Å². The summed E-state index contributed by atoms with van der Waals surface area (Å²) < 4.78 is 19.0. The van der Waals surface area contributed by atoms with Crippen molar-refractivity contribution in [2.75, 3.05) is 20.3 Å². The highest BCUT2D eigenvalue weighted by Crippen LogP contribution is 2.26. The summed E-state index contributed by atoms with van der Waals surface area (Å²) in [5, 5.41) is 0. The van der Waals surface area contributed by atoms with E-state index in [0.29, 0.717) is 47.2 Å². The van der Waals surface area contributed by atoms with Crippen LogP contribution >= 0.6 is 11.3 Å². The van der Waals surface area contributed by atoms with E-state index in [1.165, 1.54) is 11.3 Å². The lowest BCUT2D eigenvalue weighted by atomic mass is 10.2. The van der Waals surface area contributed by atoms with Crippen molar-refractivity contribution in [1.82, 2.24) is 4.57 Å². The summed E-state index contributed by atoms with van der Waals surface area (Å²) in [6, 6.07) is 21.6. The number of hydrogen-bond acceptors (Lipinski definition) is 6. The average molecular weight is 477 g/mol. The molecule has 174 valence electrons. The zero-order valence-corrected chi connectivity index (χ0v) is 19.7. The zero-order valence-electron chi connectivity index (χ0n) is 18.9. The molecule has 8 heteroatoms. The van der Waals surface area contributed by atoms with E-state index < -0.39 is 5.91 Å². The Morgan fingerprint density at radius 1 is 1.00 bits per heavy atom. The van der Waals surface area contributed by atoms with Gasteiger partial charge in [0.2, 0.25) is 0 Å². The normalized spacial score (nSPS) is 11.5. The molecule has 0 N–H and O–H groups in total. The number of nitrogens with zero attached hydrogens (tertiary/aromatic N) is 2. The number of amides is 1. The van der Waals surface area contributed by atoms with E-state index in [1.807, 2.05) is 47.0 Å². The molecule has 0 aliphatic carbocycles. The Labute approximate surface area is 200 Å². The van der Waals surface area contributed by atoms with Crippen LogP contribution in [-0.4, -0.2) is 36.8 Å². The molecule has 4 aromatic rings. The zero-order chi connectivity index (χ0) is 23.9. The highest BCUT2D eigenvalue weighted by atomic mass is 32.1. The van der Waals surface area contributed by atoms with Crippen LogP contribution in [-0.2, 0) is 16.0 Å². The third-order valence-corrected chi connectivity index (χ3v) is 6.04. The Bertz CT molecular complexity index is 1370. The molecular formula is C26H24N2O5S. The van der Waals surface area contributed by atoms with Gasteiger partial charge in [0.15, 0.2) is 4.80 Å². The molecule has 0 bridgehead atoms. The largest absolute Gasteiger partial charge is 0.462 e. The second-order valence-corrected chi connectivity index (χ2v) is 8.27. The fourth-order valence-corrected chi connectivity index (χ4v) is 4.49. The van der Waals surface area contributed by atoms with Crippen LogP contribution in [0, 0.1) is 0 Å². The van der Waals surface area contributed by atoms with Gasteiger partial charge >= 0.3 is 5.97 Å². The van der Waals surface area contributed by atoms with Crippen molar-refractivity contribution in [3.8, 4) is 11.5 Å². The molecule has 3 aromatic carbocycles. The molecule has 7 nitrogen and oxygen atoms in total. The Morgan fingerprint density at radius 2 is 1.76 bits per heavy atom. The summed E-state index contributed by atoms with van der Waals surface area (Å²) in [5.74, 6) is 0.250. The van der Waals surface area contributed by atoms with E-state index in [-0.39, 0.29) is 5.97 Å². The van der Waals surface area contributed by atoms with Crippen LogP contribution in [0.4, 0.5) is 0 Å². The van der Waals surface area contributed by atoms with Crippen LogP contribution < -0.4 is 9.54 Å². The van der Waals surface area contributed by atoms with Crippen molar-refractivity contribution < 1.29 is 23.8 Å². The van der Waals surface area contributed by atoms with Gasteiger partial charge in [0.1, 0.15) is 11.5 Å². The number of methoxy groups -OCH3 is 1. The first-order valence-corrected chi connectivity index (χ1v) is 11.6. The SMILES string of the molecule is CCOC(=O)c1ccc2c(c1)sc(=NC(=O)c1ccccc1Oc1ccccc1)n2CCOC. The third-order valence-electron chi connectivity index (χ3n) is 5.00. The summed E-state index contributed by atoms with van der Waals surface area (Å²) in [4.78, 5) is 30.3. The number of aromatic nitrogens is 1. The van der Waals surface area contributed by atoms with E-state index in [0.717, 1.165) is 10.2 Å². The maximum absolute atomic E-state index is 13.2. The molecule has 0 saturated carbocycles. The summed E-state index contributed by atoms with van der Waals surface area (Å²) in [6.07, 6.45) is 0. The number of ether oxygens (including phenoxy) is 3. The molecule has 34 heavy (non-hydrogen) atoms. The molecule has 1 heterocycles. The van der Waals surface area contributed by atoms with Gasteiger partial charge in [-0.3, -0.25) is 4.79 Å². The van der Waals surface area contributed by atoms with Gasteiger partial charge in [0, 0.05) is 13.7 Å². The highest BCUT2D eigenvalue weighted by Gasteiger charge is 2.15. The van der Waals surface area contributed by atoms with Crippen molar-refractivity contribution in [2.24, 2.45) is 4.99 Å². The number of para-hydroxylation sites is 2. The maximum Gasteiger partial charge on any atom is 0.338 e. The minimum atomic E-state index is -0.421. The van der Waals surface area contributed by atoms with E-state index in [2.05, 4.69) is 4.99 Å². The average Bonchev–Trinajstić information content (AvgIpc) is 3.19. The Kier molecular flexibility index (Phi) is 7.51. The summed E-state index contributed by atoms with van der Waals surface area (Å²) in [6.45, 7) is 3.01. The van der Waals surface area contributed by atoms with Crippen molar-refractivity contribution in [1.29, 1.82) is 0 Å². The molecule has 0 aliphatic heterocycles. The number of rotatable bonds is 8. The fraction of sp³-hybridized carbons (Fsp3) is 0.192. The van der Waals surface area contributed by atoms with Gasteiger partial charge < -0.3 is 18.8 Å². The second kappa shape index (κ2) is 10.9. The third kappa shape index (κ3) is 5.24. The first kappa shape index (κ1) is 23.4. The molecule has 0 unspecified atom stereocenters. The molecule has 0 fully saturated rings. The molecule has 0 atom stereocenters. The standard InChI is InChI=1S/C26H24N2O5S/c1-3-32-25(30)18-13-14-21-23(17-18)34-26(28(21)15-16-31-2)27-24(29)20-11-7-8-12-22(20)33-19-9-5-4-6-10-19/h4-14,17H,3,15-16H2,1-2H3. The number of benzene rings is 3. The van der Waals surface area contributed by atoms with Gasteiger partial charge in [-0.2, -0.15) is 4.99 Å². The van der Waals surface area contributed by atoms with Gasteiger partial charge in [-0.1, -0.05) is 41.7 Å². The summed E-state index contributed by atoms with van der Waals surface area (Å²) in [7, 11) is 1.62. The minimum Gasteiger partial charge on any atom is -0.462 e. The predicted octanol–water partition coefficient (Wildman–Crippen LogP) is 5.06. The van der Waals surface area contributed by atoms with E-state index >= 15 is 0 Å². The highest BCUT2D eigenvalue weighted by molar-refractivity contribution is 7.16. The Hall–Kier alpha value is -3.75. The monoisotopic (exact) mass is 476 g/mol. The van der Waals surface area contributed by atoms with Gasteiger partial charge in [-0.25, -0.2) is 4.79 Å². The van der Waals surface area contributed by atoms with Gasteiger partial charge in [-0.15, -0.1) is 0 Å². The van der Waals surface area contributed by atoms with E-state index in [9.17, 15) is 9.59 Å². The number of thiazole rings is 1.